The molecule has 1 amide bonds. The molecule has 0 radical (unpaired) electrons. The Morgan fingerprint density at radius 3 is 2.65 bits per heavy atom. The summed E-state index contributed by atoms with van der Waals surface area (Å²) in [4.78, 5) is 41.3. The Morgan fingerprint density at radius 1 is 1.19 bits per heavy atom. The molecule has 0 saturated heterocycles. The van der Waals surface area contributed by atoms with Gasteiger partial charge in [-0.2, -0.15) is 9.78 Å². The number of ether oxygens (including phenoxy) is 1. The molecule has 0 unspecified atom stereocenters. The monoisotopic (exact) mass is 563 g/mol. The molecule has 0 bridgehead atoms. The van der Waals surface area contributed by atoms with E-state index < -0.39 is 17.4 Å². The van der Waals surface area contributed by atoms with Crippen LogP contribution in [-0.4, -0.2) is 33.3 Å². The molecule has 10 nitrogen and oxygen atoms in total. The summed E-state index contributed by atoms with van der Waals surface area (Å²) in [6, 6.07) is 18.2. The molecule has 0 saturated carbocycles. The van der Waals surface area contributed by atoms with E-state index in [1.165, 1.54) is 23.0 Å². The standard InChI is InChI=1S/C26H22BrN5O5/c1-16(2)25-30-21-12-11-18(27)13-20(21)26(34)31(25)28-14-17-7-6-10-22(32(35)36)24(17)37-15-23(33)29-19-8-4-3-5-9-19/h3-14,16H,15H2,1-2H3,(H,29,33). The number of rotatable bonds is 8. The normalized spacial score (nSPS) is 11.2. The zero-order valence-electron chi connectivity index (χ0n) is 19.9. The van der Waals surface area contributed by atoms with Gasteiger partial charge in [-0.15, -0.1) is 0 Å². The molecule has 11 heteroatoms. The number of benzene rings is 3. The maximum absolute atomic E-state index is 13.3. The minimum absolute atomic E-state index is 0.139. The predicted octanol–water partition coefficient (Wildman–Crippen LogP) is 5.09. The molecule has 188 valence electrons. The summed E-state index contributed by atoms with van der Waals surface area (Å²) in [5.41, 5.74) is 0.594. The van der Waals surface area contributed by atoms with Crippen LogP contribution in [0.15, 0.2) is 81.1 Å². The molecule has 0 fully saturated rings. The van der Waals surface area contributed by atoms with Gasteiger partial charge in [-0.25, -0.2) is 4.98 Å². The van der Waals surface area contributed by atoms with Gasteiger partial charge in [0.1, 0.15) is 5.82 Å². The molecule has 0 spiro atoms. The fourth-order valence-electron chi connectivity index (χ4n) is 3.57. The number of fused-ring (bicyclic) bond motifs is 1. The first kappa shape index (κ1) is 25.7. The topological polar surface area (TPSA) is 129 Å². The van der Waals surface area contributed by atoms with Crippen LogP contribution in [0.25, 0.3) is 10.9 Å². The Bertz CT molecular complexity index is 1570. The van der Waals surface area contributed by atoms with Crippen molar-refractivity contribution in [2.45, 2.75) is 19.8 Å². The largest absolute Gasteiger partial charge is 0.476 e. The Hall–Kier alpha value is -4.38. The average molecular weight is 564 g/mol. The van der Waals surface area contributed by atoms with E-state index in [9.17, 15) is 19.7 Å². The van der Waals surface area contributed by atoms with E-state index >= 15 is 0 Å². The first-order valence-electron chi connectivity index (χ1n) is 11.3. The number of para-hydroxylation sites is 2. The Labute approximate surface area is 219 Å². The summed E-state index contributed by atoms with van der Waals surface area (Å²) in [6.07, 6.45) is 1.29. The van der Waals surface area contributed by atoms with Gasteiger partial charge in [0.15, 0.2) is 6.61 Å². The van der Waals surface area contributed by atoms with Gasteiger partial charge in [0.2, 0.25) is 5.75 Å². The van der Waals surface area contributed by atoms with Gasteiger partial charge in [0.05, 0.1) is 22.0 Å². The van der Waals surface area contributed by atoms with E-state index in [2.05, 4.69) is 31.3 Å². The second-order valence-electron chi connectivity index (χ2n) is 8.30. The first-order chi connectivity index (χ1) is 17.7. The molecule has 4 rings (SSSR count). The van der Waals surface area contributed by atoms with Crippen LogP contribution >= 0.6 is 15.9 Å². The van der Waals surface area contributed by atoms with Crippen LogP contribution in [0, 0.1) is 10.1 Å². The lowest BCUT2D eigenvalue weighted by molar-refractivity contribution is -0.385. The van der Waals surface area contributed by atoms with E-state index in [0.717, 1.165) is 4.47 Å². The van der Waals surface area contributed by atoms with Crippen LogP contribution in [0.4, 0.5) is 11.4 Å². The van der Waals surface area contributed by atoms with Crippen molar-refractivity contribution in [3.05, 3.63) is 103 Å². The van der Waals surface area contributed by atoms with Gasteiger partial charge < -0.3 is 10.1 Å². The van der Waals surface area contributed by atoms with Crippen LogP contribution in [0.2, 0.25) is 0 Å². The third-order valence-corrected chi connectivity index (χ3v) is 5.78. The quantitative estimate of drug-likeness (QED) is 0.180. The average Bonchev–Trinajstić information content (AvgIpc) is 2.87. The molecule has 37 heavy (non-hydrogen) atoms. The molecule has 1 heterocycles. The number of amides is 1. The van der Waals surface area contributed by atoms with Crippen LogP contribution < -0.4 is 15.6 Å². The molecular weight excluding hydrogens is 542 g/mol. The highest BCUT2D eigenvalue weighted by Crippen LogP contribution is 2.30. The van der Waals surface area contributed by atoms with Gasteiger partial charge in [-0.3, -0.25) is 19.7 Å². The molecule has 3 aromatic carbocycles. The van der Waals surface area contributed by atoms with Gasteiger partial charge in [-0.05, 0) is 36.4 Å². The Morgan fingerprint density at radius 2 is 1.95 bits per heavy atom. The lowest BCUT2D eigenvalue weighted by Gasteiger charge is -2.13. The molecule has 0 atom stereocenters. The van der Waals surface area contributed by atoms with Crippen molar-refractivity contribution in [3.8, 4) is 5.75 Å². The molecule has 0 aliphatic carbocycles. The lowest BCUT2D eigenvalue weighted by Crippen LogP contribution is -2.23. The molecule has 0 aliphatic heterocycles. The molecule has 1 N–H and O–H groups in total. The van der Waals surface area contributed by atoms with E-state index in [1.54, 1.807) is 48.5 Å². The van der Waals surface area contributed by atoms with Crippen molar-refractivity contribution in [1.29, 1.82) is 0 Å². The second kappa shape index (κ2) is 11.1. The second-order valence-corrected chi connectivity index (χ2v) is 9.22. The van der Waals surface area contributed by atoms with Gasteiger partial charge in [0.25, 0.3) is 11.5 Å². The van der Waals surface area contributed by atoms with Crippen molar-refractivity contribution in [1.82, 2.24) is 9.66 Å². The summed E-state index contributed by atoms with van der Waals surface area (Å²) >= 11 is 3.37. The van der Waals surface area contributed by atoms with Gasteiger partial charge in [-0.1, -0.05) is 54.0 Å². The number of anilines is 1. The van der Waals surface area contributed by atoms with Crippen molar-refractivity contribution < 1.29 is 14.5 Å². The predicted molar refractivity (Wildman–Crippen MR) is 144 cm³/mol. The van der Waals surface area contributed by atoms with E-state index in [0.29, 0.717) is 22.4 Å². The number of carbonyl (C=O) groups excluding carboxylic acids is 1. The summed E-state index contributed by atoms with van der Waals surface area (Å²) < 4.78 is 7.48. The van der Waals surface area contributed by atoms with E-state index in [-0.39, 0.29) is 28.5 Å². The number of halogens is 1. The number of hydrogen-bond acceptors (Lipinski definition) is 7. The number of nitrogens with one attached hydrogen (secondary N) is 1. The fraction of sp³-hybridized carbons (Fsp3) is 0.154. The van der Waals surface area contributed by atoms with Crippen molar-refractivity contribution in [2.75, 3.05) is 11.9 Å². The Kier molecular flexibility index (Phi) is 7.73. The van der Waals surface area contributed by atoms with Crippen LogP contribution in [0.5, 0.6) is 5.75 Å². The zero-order chi connectivity index (χ0) is 26.5. The minimum Gasteiger partial charge on any atom is -0.476 e. The summed E-state index contributed by atoms with van der Waals surface area (Å²) in [5, 5.41) is 19.0. The summed E-state index contributed by atoms with van der Waals surface area (Å²) in [7, 11) is 0. The number of aromatic nitrogens is 2. The van der Waals surface area contributed by atoms with E-state index in [1.807, 2.05) is 19.9 Å². The molecule has 1 aromatic heterocycles. The highest BCUT2D eigenvalue weighted by molar-refractivity contribution is 9.10. The van der Waals surface area contributed by atoms with Crippen LogP contribution in [-0.2, 0) is 4.79 Å². The third-order valence-electron chi connectivity index (χ3n) is 5.29. The number of hydrogen-bond donors (Lipinski definition) is 1. The zero-order valence-corrected chi connectivity index (χ0v) is 21.5. The fourth-order valence-corrected chi connectivity index (χ4v) is 3.93. The van der Waals surface area contributed by atoms with Crippen LogP contribution in [0.3, 0.4) is 0 Å². The number of nitro groups is 1. The van der Waals surface area contributed by atoms with Crippen molar-refractivity contribution in [3.63, 3.8) is 0 Å². The summed E-state index contributed by atoms with van der Waals surface area (Å²) in [6.45, 7) is 3.29. The molecule has 0 aliphatic rings. The number of nitrogens with zero attached hydrogens (tertiary/aromatic N) is 4. The SMILES string of the molecule is CC(C)c1nc2ccc(Br)cc2c(=O)n1N=Cc1cccc([N+](=O)[O-])c1OCC(=O)Nc1ccccc1. The number of nitro benzene ring substituents is 1. The summed E-state index contributed by atoms with van der Waals surface area (Å²) in [5.74, 6) is -0.350. The smallest absolute Gasteiger partial charge is 0.311 e. The maximum Gasteiger partial charge on any atom is 0.311 e. The van der Waals surface area contributed by atoms with Gasteiger partial charge >= 0.3 is 5.69 Å². The van der Waals surface area contributed by atoms with Gasteiger partial charge in [0, 0.05) is 27.7 Å². The van der Waals surface area contributed by atoms with Crippen molar-refractivity contribution in [2.24, 2.45) is 5.10 Å². The molecule has 4 aromatic rings. The van der Waals surface area contributed by atoms with E-state index in [4.69, 9.17) is 4.74 Å². The van der Waals surface area contributed by atoms with Crippen molar-refractivity contribution >= 4 is 50.3 Å². The highest BCUT2D eigenvalue weighted by Gasteiger charge is 2.20. The number of carbonyl (C=O) groups is 1. The Balaban J connectivity index is 1.70. The maximum atomic E-state index is 13.3. The lowest BCUT2D eigenvalue weighted by atomic mass is 10.2. The highest BCUT2D eigenvalue weighted by atomic mass is 79.9. The minimum atomic E-state index is -0.609. The van der Waals surface area contributed by atoms with Crippen LogP contribution in [0.1, 0.15) is 31.2 Å². The third kappa shape index (κ3) is 5.89. The molecular formula is C26H22BrN5O5. The first-order valence-corrected chi connectivity index (χ1v) is 12.1.